The molecule has 2 rings (SSSR count). The van der Waals surface area contributed by atoms with Crippen LogP contribution in [-0.4, -0.2) is 12.1 Å². The fourth-order valence-corrected chi connectivity index (χ4v) is 2.45. The Morgan fingerprint density at radius 1 is 1.47 bits per heavy atom. The molecule has 0 saturated carbocycles. The van der Waals surface area contributed by atoms with E-state index in [0.717, 1.165) is 20.7 Å². The molecular weight excluding hydrogens is 274 g/mol. The molecule has 0 atom stereocenters. The third kappa shape index (κ3) is 2.65. The van der Waals surface area contributed by atoms with Gasteiger partial charge in [-0.15, -0.1) is 11.3 Å². The minimum Gasteiger partial charge on any atom is -0.378 e. The number of ether oxygens (including phenoxy) is 1. The summed E-state index contributed by atoms with van der Waals surface area (Å²) in [5, 5.41) is 3.06. The van der Waals surface area contributed by atoms with Gasteiger partial charge in [0.15, 0.2) is 0 Å². The van der Waals surface area contributed by atoms with Crippen molar-refractivity contribution in [2.75, 3.05) is 7.11 Å². The van der Waals surface area contributed by atoms with E-state index in [0.29, 0.717) is 6.61 Å². The van der Waals surface area contributed by atoms with Gasteiger partial charge in [-0.1, -0.05) is 28.1 Å². The van der Waals surface area contributed by atoms with Crippen molar-refractivity contribution in [3.63, 3.8) is 0 Å². The SMILES string of the molecule is COCc1nc(-c2cccc(Br)c2)cs1. The van der Waals surface area contributed by atoms with Crippen LogP contribution in [0.25, 0.3) is 11.3 Å². The van der Waals surface area contributed by atoms with Gasteiger partial charge in [-0.25, -0.2) is 4.98 Å². The number of nitrogens with zero attached hydrogens (tertiary/aromatic N) is 1. The zero-order valence-electron chi connectivity index (χ0n) is 8.24. The van der Waals surface area contributed by atoms with E-state index in [9.17, 15) is 0 Å². The average Bonchev–Trinajstić information content (AvgIpc) is 2.67. The van der Waals surface area contributed by atoms with Crippen molar-refractivity contribution in [1.29, 1.82) is 0 Å². The molecule has 15 heavy (non-hydrogen) atoms. The van der Waals surface area contributed by atoms with Gasteiger partial charge in [0.25, 0.3) is 0 Å². The molecule has 0 saturated heterocycles. The maximum Gasteiger partial charge on any atom is 0.119 e. The molecule has 0 fully saturated rings. The normalized spacial score (nSPS) is 10.5. The van der Waals surface area contributed by atoms with Crippen LogP contribution in [0.3, 0.4) is 0 Å². The monoisotopic (exact) mass is 283 g/mol. The molecule has 2 nitrogen and oxygen atoms in total. The molecule has 0 aliphatic heterocycles. The fraction of sp³-hybridized carbons (Fsp3) is 0.182. The summed E-state index contributed by atoms with van der Waals surface area (Å²) in [5.74, 6) is 0. The minimum atomic E-state index is 0.582. The van der Waals surface area contributed by atoms with Gasteiger partial charge in [0.1, 0.15) is 5.01 Å². The number of hydrogen-bond acceptors (Lipinski definition) is 3. The smallest absolute Gasteiger partial charge is 0.119 e. The Hall–Kier alpha value is -0.710. The van der Waals surface area contributed by atoms with Gasteiger partial charge in [0.05, 0.1) is 12.3 Å². The second-order valence-electron chi connectivity index (χ2n) is 3.07. The number of aromatic nitrogens is 1. The Labute approximate surface area is 101 Å². The molecule has 0 unspecified atom stereocenters. The van der Waals surface area contributed by atoms with Crippen LogP contribution in [0, 0.1) is 0 Å². The highest BCUT2D eigenvalue weighted by Gasteiger charge is 2.04. The van der Waals surface area contributed by atoms with Crippen LogP contribution >= 0.6 is 27.3 Å². The summed E-state index contributed by atoms with van der Waals surface area (Å²) in [4.78, 5) is 4.48. The highest BCUT2D eigenvalue weighted by atomic mass is 79.9. The number of hydrogen-bond donors (Lipinski definition) is 0. The van der Waals surface area contributed by atoms with Gasteiger partial charge in [0.2, 0.25) is 0 Å². The van der Waals surface area contributed by atoms with Crippen molar-refractivity contribution in [2.45, 2.75) is 6.61 Å². The molecule has 0 bridgehead atoms. The average molecular weight is 284 g/mol. The predicted molar refractivity (Wildman–Crippen MR) is 66.0 cm³/mol. The van der Waals surface area contributed by atoms with Crippen LogP contribution in [0.2, 0.25) is 0 Å². The van der Waals surface area contributed by atoms with Crippen molar-refractivity contribution in [2.24, 2.45) is 0 Å². The maximum atomic E-state index is 5.04. The molecule has 2 aromatic rings. The molecule has 1 aromatic carbocycles. The molecule has 0 amide bonds. The number of thiazole rings is 1. The first-order valence-corrected chi connectivity index (χ1v) is 6.16. The second kappa shape index (κ2) is 4.88. The summed E-state index contributed by atoms with van der Waals surface area (Å²) in [7, 11) is 1.68. The molecular formula is C11H10BrNOS. The van der Waals surface area contributed by atoms with Gasteiger partial charge >= 0.3 is 0 Å². The molecule has 0 aliphatic carbocycles. The van der Waals surface area contributed by atoms with E-state index in [-0.39, 0.29) is 0 Å². The van der Waals surface area contributed by atoms with Gasteiger partial charge in [-0.3, -0.25) is 0 Å². The fourth-order valence-electron chi connectivity index (χ4n) is 1.28. The highest BCUT2D eigenvalue weighted by molar-refractivity contribution is 9.10. The lowest BCUT2D eigenvalue weighted by Gasteiger charge is -1.96. The van der Waals surface area contributed by atoms with E-state index in [1.165, 1.54) is 0 Å². The molecule has 4 heteroatoms. The van der Waals surface area contributed by atoms with Crippen LogP contribution in [0.1, 0.15) is 5.01 Å². The number of rotatable bonds is 3. The molecule has 0 aliphatic rings. The first kappa shape index (κ1) is 10.8. The van der Waals surface area contributed by atoms with Crippen molar-refractivity contribution in [3.05, 3.63) is 39.1 Å². The standard InChI is InChI=1S/C11H10BrNOS/c1-14-6-11-13-10(7-15-11)8-3-2-4-9(12)5-8/h2-5,7H,6H2,1H3. The Morgan fingerprint density at radius 2 is 2.33 bits per heavy atom. The second-order valence-corrected chi connectivity index (χ2v) is 4.93. The van der Waals surface area contributed by atoms with Crippen LogP contribution in [-0.2, 0) is 11.3 Å². The molecule has 78 valence electrons. The van der Waals surface area contributed by atoms with E-state index in [2.05, 4.69) is 38.4 Å². The van der Waals surface area contributed by atoms with Crippen LogP contribution < -0.4 is 0 Å². The number of benzene rings is 1. The summed E-state index contributed by atoms with van der Waals surface area (Å²) in [6.45, 7) is 0.582. The maximum absolute atomic E-state index is 5.04. The largest absolute Gasteiger partial charge is 0.378 e. The Kier molecular flexibility index (Phi) is 3.51. The molecule has 0 spiro atoms. The lowest BCUT2D eigenvalue weighted by molar-refractivity contribution is 0.184. The van der Waals surface area contributed by atoms with Gasteiger partial charge < -0.3 is 4.74 Å². The predicted octanol–water partition coefficient (Wildman–Crippen LogP) is 3.72. The molecule has 1 heterocycles. The van der Waals surface area contributed by atoms with Crippen molar-refractivity contribution in [1.82, 2.24) is 4.98 Å². The van der Waals surface area contributed by atoms with E-state index in [1.807, 2.05) is 12.1 Å². The van der Waals surface area contributed by atoms with Crippen LogP contribution in [0.4, 0.5) is 0 Å². The quantitative estimate of drug-likeness (QED) is 0.857. The van der Waals surface area contributed by atoms with Crippen molar-refractivity contribution >= 4 is 27.3 Å². The first-order chi connectivity index (χ1) is 7.29. The lowest BCUT2D eigenvalue weighted by Crippen LogP contribution is -1.85. The van der Waals surface area contributed by atoms with Gasteiger partial charge in [0, 0.05) is 22.5 Å². The Bertz CT molecular complexity index is 455. The van der Waals surface area contributed by atoms with E-state index < -0.39 is 0 Å². The molecule has 1 aromatic heterocycles. The van der Waals surface area contributed by atoms with Crippen molar-refractivity contribution in [3.8, 4) is 11.3 Å². The summed E-state index contributed by atoms with van der Waals surface area (Å²) in [6.07, 6.45) is 0. The lowest BCUT2D eigenvalue weighted by atomic mass is 10.2. The summed E-state index contributed by atoms with van der Waals surface area (Å²) in [6, 6.07) is 8.13. The summed E-state index contributed by atoms with van der Waals surface area (Å²) >= 11 is 5.07. The Morgan fingerprint density at radius 3 is 3.07 bits per heavy atom. The first-order valence-electron chi connectivity index (χ1n) is 4.49. The third-order valence-corrected chi connectivity index (χ3v) is 3.26. The number of methoxy groups -OCH3 is 1. The summed E-state index contributed by atoms with van der Waals surface area (Å²) in [5.41, 5.74) is 2.14. The van der Waals surface area contributed by atoms with E-state index in [1.54, 1.807) is 18.4 Å². The van der Waals surface area contributed by atoms with Crippen LogP contribution in [0.15, 0.2) is 34.1 Å². The van der Waals surface area contributed by atoms with Crippen LogP contribution in [0.5, 0.6) is 0 Å². The Balaban J connectivity index is 2.29. The van der Waals surface area contributed by atoms with Gasteiger partial charge in [-0.05, 0) is 12.1 Å². The zero-order valence-corrected chi connectivity index (χ0v) is 10.6. The topological polar surface area (TPSA) is 22.1 Å². The van der Waals surface area contributed by atoms with E-state index in [4.69, 9.17) is 4.74 Å². The highest BCUT2D eigenvalue weighted by Crippen LogP contribution is 2.24. The minimum absolute atomic E-state index is 0.582. The van der Waals surface area contributed by atoms with E-state index >= 15 is 0 Å². The molecule has 0 radical (unpaired) electrons. The molecule has 0 N–H and O–H groups in total. The van der Waals surface area contributed by atoms with Gasteiger partial charge in [-0.2, -0.15) is 0 Å². The summed E-state index contributed by atoms with van der Waals surface area (Å²) < 4.78 is 6.11. The third-order valence-electron chi connectivity index (χ3n) is 1.94. The zero-order chi connectivity index (χ0) is 10.7. The number of halogens is 1. The van der Waals surface area contributed by atoms with Crippen molar-refractivity contribution < 1.29 is 4.74 Å².